The molecule has 1 saturated heterocycles. The van der Waals surface area contributed by atoms with Gasteiger partial charge in [-0.15, -0.1) is 0 Å². The first kappa shape index (κ1) is 30.3. The molecule has 2 aliphatic heterocycles. The van der Waals surface area contributed by atoms with E-state index in [1.54, 1.807) is 11.0 Å². The number of alkyl halides is 3. The Hall–Kier alpha value is -3.20. The lowest BCUT2D eigenvalue weighted by molar-refractivity contribution is -0.716. The van der Waals surface area contributed by atoms with Gasteiger partial charge in [0.25, 0.3) is 0 Å². The van der Waals surface area contributed by atoms with Crippen LogP contribution in [0.4, 0.5) is 36.1 Å². The summed E-state index contributed by atoms with van der Waals surface area (Å²) in [6.07, 6.45) is -2.07. The molecule has 226 valence electrons. The van der Waals surface area contributed by atoms with Crippen LogP contribution in [0.15, 0.2) is 42.7 Å². The smallest absolute Gasteiger partial charge is 0.422 e. The number of aromatic nitrogens is 2. The second-order valence-corrected chi connectivity index (χ2v) is 10.9. The largest absolute Gasteiger partial charge is 0.628 e. The van der Waals surface area contributed by atoms with Gasteiger partial charge < -0.3 is 40.4 Å². The molecule has 1 fully saturated rings. The molecule has 3 heterocycles. The second kappa shape index (κ2) is 13.0. The predicted octanol–water partition coefficient (Wildman–Crippen LogP) is 3.98. The van der Waals surface area contributed by atoms with Crippen molar-refractivity contribution in [3.63, 3.8) is 0 Å². The van der Waals surface area contributed by atoms with Gasteiger partial charge >= 0.3 is 6.18 Å². The van der Waals surface area contributed by atoms with Crippen molar-refractivity contribution < 1.29 is 23.1 Å². The highest BCUT2D eigenvalue weighted by molar-refractivity contribution is 6.32. The van der Waals surface area contributed by atoms with Gasteiger partial charge in [-0.25, -0.2) is 9.97 Å². The van der Waals surface area contributed by atoms with Crippen LogP contribution in [0.2, 0.25) is 5.02 Å². The van der Waals surface area contributed by atoms with E-state index in [1.165, 1.54) is 12.4 Å². The summed E-state index contributed by atoms with van der Waals surface area (Å²) in [6.45, 7) is 6.47. The quantitative estimate of drug-likeness (QED) is 0.276. The number of ether oxygens (including phenoxy) is 1. The first-order chi connectivity index (χ1) is 20.1. The van der Waals surface area contributed by atoms with Crippen LogP contribution >= 0.6 is 11.6 Å². The minimum absolute atomic E-state index is 0.232. The maximum absolute atomic E-state index is 13.5. The van der Waals surface area contributed by atoms with Crippen molar-refractivity contribution in [2.24, 2.45) is 0 Å². The van der Waals surface area contributed by atoms with E-state index in [0.717, 1.165) is 56.8 Å². The second-order valence-electron chi connectivity index (χ2n) is 10.5. The molecule has 0 spiro atoms. The van der Waals surface area contributed by atoms with Crippen molar-refractivity contribution in [2.45, 2.75) is 25.6 Å². The van der Waals surface area contributed by atoms with Crippen LogP contribution in [0.1, 0.15) is 23.2 Å². The van der Waals surface area contributed by atoms with Gasteiger partial charge in [-0.1, -0.05) is 11.6 Å². The molecule has 0 radical (unpaired) electrons. The van der Waals surface area contributed by atoms with E-state index in [-0.39, 0.29) is 12.2 Å². The molecule has 14 heteroatoms. The van der Waals surface area contributed by atoms with Gasteiger partial charge in [0, 0.05) is 62.3 Å². The molecule has 2 N–H and O–H groups in total. The van der Waals surface area contributed by atoms with Gasteiger partial charge in [0.05, 0.1) is 23.9 Å². The third-order valence-corrected chi connectivity index (χ3v) is 7.86. The predicted molar refractivity (Wildman–Crippen MR) is 154 cm³/mol. The van der Waals surface area contributed by atoms with E-state index in [4.69, 9.17) is 16.3 Å². The van der Waals surface area contributed by atoms with Crippen LogP contribution in [0, 0.1) is 10.4 Å². The molecule has 5 rings (SSSR count). The number of benzene rings is 2. The minimum atomic E-state index is -4.83. The van der Waals surface area contributed by atoms with Crippen LogP contribution in [0.25, 0.3) is 0 Å². The number of nitrogens with zero attached hydrogens (tertiary/aromatic N) is 5. The van der Waals surface area contributed by atoms with Crippen LogP contribution in [0.3, 0.4) is 0 Å². The number of quaternary nitrogens is 1. The van der Waals surface area contributed by atoms with E-state index < -0.39 is 22.7 Å². The maximum Gasteiger partial charge on any atom is 0.422 e. The Labute approximate surface area is 246 Å². The van der Waals surface area contributed by atoms with E-state index >= 15 is 0 Å². The summed E-state index contributed by atoms with van der Waals surface area (Å²) in [5.41, 5.74) is 0.324. The molecule has 0 bridgehead atoms. The standard InChI is InChI=1S/C28H32ClF3N7O3/c1-36-10-12-37(13-11-36)8-2-14-42-26-6-3-19(15-23(26)29)35-27-21-7-9-38(17-24(21)33-18-34-27)20-4-5-25(39(40)41)22(16-20)28(30,31)32/h3-6,15-16,18,39H,2,7-14,17H2,1H3,(H,33,34,35)/q-1. The minimum Gasteiger partial charge on any atom is -0.628 e. The number of piperazine rings is 1. The number of likely N-dealkylation sites (N-methyl/N-ethyl adjacent to an activating group) is 1. The third kappa shape index (κ3) is 7.22. The van der Waals surface area contributed by atoms with E-state index in [1.807, 2.05) is 12.1 Å². The number of rotatable bonds is 9. The lowest BCUT2D eigenvalue weighted by atomic mass is 10.0. The molecule has 2 aliphatic rings. The van der Waals surface area contributed by atoms with Gasteiger partial charge in [0.15, 0.2) is 0 Å². The van der Waals surface area contributed by atoms with E-state index in [0.29, 0.717) is 47.5 Å². The number of fused-ring (bicyclic) bond motifs is 1. The van der Waals surface area contributed by atoms with Gasteiger partial charge in [-0.05, 0) is 50.2 Å². The molecule has 0 aliphatic carbocycles. The fourth-order valence-electron chi connectivity index (χ4n) is 5.20. The monoisotopic (exact) mass is 606 g/mol. The van der Waals surface area contributed by atoms with Crippen molar-refractivity contribution in [2.75, 3.05) is 63.1 Å². The lowest BCUT2D eigenvalue weighted by Crippen LogP contribution is -2.96. The maximum atomic E-state index is 13.5. The van der Waals surface area contributed by atoms with E-state index in [9.17, 15) is 23.6 Å². The number of hydrogen-bond acceptors (Lipinski definition) is 9. The SMILES string of the molecule is CN1CCN(CCCOc2ccc(Nc3ncnc4c3CCN(c3ccc([NH+]([O-])[O-])c(C(F)(F)F)c3)C4)cc2Cl)CC1. The highest BCUT2D eigenvalue weighted by atomic mass is 35.5. The van der Waals surface area contributed by atoms with Crippen LogP contribution in [-0.4, -0.2) is 72.7 Å². The van der Waals surface area contributed by atoms with Crippen molar-refractivity contribution >= 4 is 34.5 Å². The molecular weight excluding hydrogens is 575 g/mol. The highest BCUT2D eigenvalue weighted by Crippen LogP contribution is 2.37. The lowest BCUT2D eigenvalue weighted by Gasteiger charge is -2.32. The molecular formula is C28H32ClF3N7O3-. The van der Waals surface area contributed by atoms with Gasteiger partial charge in [-0.3, -0.25) is 0 Å². The zero-order valence-corrected chi connectivity index (χ0v) is 23.8. The number of halogens is 4. The average Bonchev–Trinajstić information content (AvgIpc) is 2.96. The van der Waals surface area contributed by atoms with Gasteiger partial charge in [0.2, 0.25) is 0 Å². The summed E-state index contributed by atoms with van der Waals surface area (Å²) in [4.78, 5) is 15.2. The topological polar surface area (TPSA) is 107 Å². The van der Waals surface area contributed by atoms with Crippen LogP contribution in [0.5, 0.6) is 5.75 Å². The Kier molecular flexibility index (Phi) is 9.35. The Balaban J connectivity index is 1.21. The van der Waals surface area contributed by atoms with Crippen molar-refractivity contribution in [1.82, 2.24) is 19.8 Å². The number of anilines is 3. The Morgan fingerprint density at radius 3 is 2.55 bits per heavy atom. The number of nitrogens with one attached hydrogen (secondary N) is 2. The average molecular weight is 607 g/mol. The summed E-state index contributed by atoms with van der Waals surface area (Å²) in [7, 11) is 2.14. The van der Waals surface area contributed by atoms with E-state index in [2.05, 4.69) is 32.1 Å². The van der Waals surface area contributed by atoms with Crippen LogP contribution < -0.4 is 20.2 Å². The summed E-state index contributed by atoms with van der Waals surface area (Å²) in [5.74, 6) is 1.18. The van der Waals surface area contributed by atoms with Gasteiger partial charge in [-0.2, -0.15) is 13.2 Å². The molecule has 0 amide bonds. The molecule has 42 heavy (non-hydrogen) atoms. The van der Waals surface area contributed by atoms with Crippen molar-refractivity contribution in [3.8, 4) is 5.75 Å². The fourth-order valence-corrected chi connectivity index (χ4v) is 5.43. The molecule has 3 aromatic rings. The Morgan fingerprint density at radius 1 is 1.05 bits per heavy atom. The van der Waals surface area contributed by atoms with Crippen molar-refractivity contribution in [3.05, 3.63) is 75.0 Å². The summed E-state index contributed by atoms with van der Waals surface area (Å²) in [6, 6.07) is 8.55. The van der Waals surface area contributed by atoms with Crippen LogP contribution in [-0.2, 0) is 19.1 Å². The zero-order chi connectivity index (χ0) is 29.9. The Bertz CT molecular complexity index is 1390. The van der Waals surface area contributed by atoms with Gasteiger partial charge in [0.1, 0.15) is 29.1 Å². The molecule has 10 nitrogen and oxygen atoms in total. The normalized spacial score (nSPS) is 16.5. The fraction of sp³-hybridized carbons (Fsp3) is 0.429. The van der Waals surface area contributed by atoms with Crippen molar-refractivity contribution in [1.29, 1.82) is 0 Å². The summed E-state index contributed by atoms with van der Waals surface area (Å²) >= 11 is 6.50. The molecule has 0 unspecified atom stereocenters. The summed E-state index contributed by atoms with van der Waals surface area (Å²) < 4.78 is 46.4. The number of hydrogen-bond donors (Lipinski definition) is 2. The summed E-state index contributed by atoms with van der Waals surface area (Å²) in [5, 5.41) is 24.3. The molecule has 2 aromatic carbocycles. The first-order valence-corrected chi connectivity index (χ1v) is 14.1. The molecule has 0 atom stereocenters. The molecule has 0 saturated carbocycles. The molecule has 1 aromatic heterocycles. The third-order valence-electron chi connectivity index (χ3n) is 7.57. The first-order valence-electron chi connectivity index (χ1n) is 13.7. The Morgan fingerprint density at radius 2 is 1.83 bits per heavy atom. The zero-order valence-electron chi connectivity index (χ0n) is 23.1. The highest BCUT2D eigenvalue weighted by Gasteiger charge is 2.36.